The highest BCUT2D eigenvalue weighted by atomic mass is 16.6. The molecule has 0 spiro atoms. The van der Waals surface area contributed by atoms with Crippen molar-refractivity contribution in [3.8, 4) is 5.75 Å². The Morgan fingerprint density at radius 1 is 1.21 bits per heavy atom. The monoisotopic (exact) mass is 406 g/mol. The van der Waals surface area contributed by atoms with Crippen LogP contribution in [0.5, 0.6) is 5.75 Å². The van der Waals surface area contributed by atoms with Crippen LogP contribution in [0.1, 0.15) is 58.4 Å². The molecule has 2 heterocycles. The molecule has 2 N–H and O–H groups in total. The van der Waals surface area contributed by atoms with Gasteiger partial charge in [-0.05, 0) is 76.0 Å². The van der Waals surface area contributed by atoms with Gasteiger partial charge in [0.2, 0.25) is 0 Å². The lowest BCUT2D eigenvalue weighted by molar-refractivity contribution is -0.195. The number of carbonyl (C=O) groups excluding carboxylic acids is 1. The molecule has 7 nitrogen and oxygen atoms in total. The van der Waals surface area contributed by atoms with Crippen molar-refractivity contribution in [2.75, 3.05) is 19.8 Å². The number of fused-ring (bicyclic) bond motifs is 3. The van der Waals surface area contributed by atoms with E-state index in [0.717, 1.165) is 37.7 Å². The molecule has 29 heavy (non-hydrogen) atoms. The lowest BCUT2D eigenvalue weighted by Gasteiger charge is -2.53. The van der Waals surface area contributed by atoms with E-state index in [1.807, 2.05) is 39.0 Å². The van der Waals surface area contributed by atoms with E-state index in [-0.39, 0.29) is 23.6 Å². The van der Waals surface area contributed by atoms with Crippen molar-refractivity contribution >= 4 is 13.3 Å². The molecule has 2 saturated heterocycles. The molecule has 0 radical (unpaired) electrons. The molecule has 2 aliphatic heterocycles. The van der Waals surface area contributed by atoms with Crippen LogP contribution in [-0.4, -0.2) is 48.8 Å². The van der Waals surface area contributed by atoms with Gasteiger partial charge in [0, 0.05) is 6.61 Å². The Morgan fingerprint density at radius 3 is 2.52 bits per heavy atom. The Hall–Kier alpha value is -1.61. The van der Waals surface area contributed by atoms with Crippen molar-refractivity contribution < 1.29 is 33.7 Å². The molecular weight excluding hydrogens is 375 g/mol. The van der Waals surface area contributed by atoms with E-state index in [1.54, 1.807) is 6.07 Å². The first-order valence-corrected chi connectivity index (χ1v) is 10.2. The molecule has 160 valence electrons. The lowest BCUT2D eigenvalue weighted by Crippen LogP contribution is -2.49. The maximum atomic E-state index is 11.7. The fourth-order valence-electron chi connectivity index (χ4n) is 4.25. The van der Waals surface area contributed by atoms with E-state index in [0.29, 0.717) is 19.0 Å². The number of hydrogen-bond donors (Lipinski definition) is 2. The number of carbonyl (C=O) groups is 1. The van der Waals surface area contributed by atoms with E-state index in [9.17, 15) is 4.79 Å². The summed E-state index contributed by atoms with van der Waals surface area (Å²) in [5.41, 5.74) is 0.245. The SMILES string of the molecule is CC(C)(C)OC(=O)COCCC12CCC(c3cccc(OB(O)O)c3)(CC1)OC2. The molecule has 4 rings (SSSR count). The fourth-order valence-corrected chi connectivity index (χ4v) is 4.25. The maximum Gasteiger partial charge on any atom is 0.707 e. The number of benzene rings is 1. The van der Waals surface area contributed by atoms with Gasteiger partial charge in [0.05, 0.1) is 12.2 Å². The maximum absolute atomic E-state index is 11.7. The van der Waals surface area contributed by atoms with Crippen molar-refractivity contribution in [3.05, 3.63) is 29.8 Å². The summed E-state index contributed by atoms with van der Waals surface area (Å²) >= 11 is 0. The van der Waals surface area contributed by atoms with Crippen molar-refractivity contribution in [3.63, 3.8) is 0 Å². The van der Waals surface area contributed by atoms with E-state index >= 15 is 0 Å². The average Bonchev–Trinajstić information content (AvgIpc) is 2.65. The summed E-state index contributed by atoms with van der Waals surface area (Å²) in [7, 11) is -1.84. The van der Waals surface area contributed by atoms with Crippen LogP contribution in [0.2, 0.25) is 0 Å². The predicted molar refractivity (Wildman–Crippen MR) is 107 cm³/mol. The second-order valence-corrected chi connectivity index (χ2v) is 9.14. The number of ether oxygens (including phenoxy) is 3. The molecule has 3 fully saturated rings. The van der Waals surface area contributed by atoms with Gasteiger partial charge in [-0.3, -0.25) is 0 Å². The van der Waals surface area contributed by atoms with Crippen LogP contribution in [-0.2, 0) is 24.6 Å². The quantitative estimate of drug-likeness (QED) is 0.389. The molecule has 1 saturated carbocycles. The molecule has 0 atom stereocenters. The Bertz CT molecular complexity index is 689. The summed E-state index contributed by atoms with van der Waals surface area (Å²) in [6.07, 6.45) is 4.69. The average molecular weight is 406 g/mol. The third-order valence-electron chi connectivity index (χ3n) is 5.79. The summed E-state index contributed by atoms with van der Waals surface area (Å²) in [5, 5.41) is 18.0. The second kappa shape index (κ2) is 8.64. The van der Waals surface area contributed by atoms with Gasteiger partial charge in [-0.1, -0.05) is 12.1 Å². The van der Waals surface area contributed by atoms with Gasteiger partial charge < -0.3 is 28.9 Å². The van der Waals surface area contributed by atoms with E-state index in [1.165, 1.54) is 0 Å². The summed E-state index contributed by atoms with van der Waals surface area (Å²) in [5.74, 6) is 0.0704. The van der Waals surface area contributed by atoms with Crippen LogP contribution >= 0.6 is 0 Å². The minimum Gasteiger partial charge on any atom is -0.512 e. The molecule has 0 unspecified atom stereocenters. The third-order valence-corrected chi connectivity index (χ3v) is 5.79. The van der Waals surface area contributed by atoms with Crippen LogP contribution in [0.15, 0.2) is 24.3 Å². The highest BCUT2D eigenvalue weighted by Gasteiger charge is 2.50. The van der Waals surface area contributed by atoms with Crippen LogP contribution in [0.4, 0.5) is 0 Å². The van der Waals surface area contributed by atoms with Gasteiger partial charge in [-0.15, -0.1) is 0 Å². The molecule has 0 aromatic heterocycles. The van der Waals surface area contributed by atoms with Crippen molar-refractivity contribution in [2.24, 2.45) is 5.41 Å². The Balaban J connectivity index is 1.50. The number of rotatable bonds is 8. The minimum absolute atomic E-state index is 0.0261. The van der Waals surface area contributed by atoms with Crippen LogP contribution < -0.4 is 4.65 Å². The first-order chi connectivity index (χ1) is 13.6. The van der Waals surface area contributed by atoms with Crippen LogP contribution in [0.25, 0.3) is 0 Å². The lowest BCUT2D eigenvalue weighted by atomic mass is 9.63. The number of hydrogen-bond acceptors (Lipinski definition) is 7. The van der Waals surface area contributed by atoms with E-state index in [4.69, 9.17) is 28.9 Å². The smallest absolute Gasteiger partial charge is 0.512 e. The second-order valence-electron chi connectivity index (χ2n) is 9.14. The van der Waals surface area contributed by atoms with Gasteiger partial charge in [0.15, 0.2) is 0 Å². The van der Waals surface area contributed by atoms with Gasteiger partial charge in [0.1, 0.15) is 18.0 Å². The van der Waals surface area contributed by atoms with Crippen molar-refractivity contribution in [2.45, 2.75) is 64.1 Å². The van der Waals surface area contributed by atoms with Gasteiger partial charge in [0.25, 0.3) is 0 Å². The van der Waals surface area contributed by atoms with Crippen molar-refractivity contribution in [1.29, 1.82) is 0 Å². The Morgan fingerprint density at radius 2 is 1.93 bits per heavy atom. The Kier molecular flexibility index (Phi) is 6.58. The molecule has 1 aromatic carbocycles. The fraction of sp³-hybridized carbons (Fsp3) is 0.667. The predicted octanol–water partition coefficient (Wildman–Crippen LogP) is 2.57. The molecule has 8 heteroatoms. The molecule has 1 aromatic rings. The van der Waals surface area contributed by atoms with Crippen LogP contribution in [0, 0.1) is 5.41 Å². The standard InChI is InChI=1S/C21H31BO7/c1-19(2,3)28-18(23)14-26-12-11-20-7-9-21(10-8-20,27-15-20)16-5-4-6-17(13-16)29-22(24)25/h4-6,13,24-25H,7-12,14-15H2,1-3H3. The zero-order valence-electron chi connectivity index (χ0n) is 17.5. The summed E-state index contributed by atoms with van der Waals surface area (Å²) in [6.45, 7) is 6.65. The largest absolute Gasteiger partial charge is 0.707 e. The Labute approximate surface area is 172 Å². The topological polar surface area (TPSA) is 94.5 Å². The molecule has 3 aliphatic rings. The first-order valence-electron chi connectivity index (χ1n) is 10.2. The number of esters is 1. The summed E-state index contributed by atoms with van der Waals surface area (Å²) in [6, 6.07) is 7.35. The summed E-state index contributed by atoms with van der Waals surface area (Å²) < 4.78 is 22.1. The molecular formula is C21H31BO7. The van der Waals surface area contributed by atoms with E-state index in [2.05, 4.69) is 0 Å². The third kappa shape index (κ3) is 5.72. The van der Waals surface area contributed by atoms with E-state index < -0.39 is 12.9 Å². The zero-order valence-corrected chi connectivity index (χ0v) is 17.5. The minimum atomic E-state index is -1.84. The zero-order chi connectivity index (χ0) is 21.1. The van der Waals surface area contributed by atoms with Crippen molar-refractivity contribution in [1.82, 2.24) is 0 Å². The molecule has 0 amide bonds. The summed E-state index contributed by atoms with van der Waals surface area (Å²) in [4.78, 5) is 11.7. The molecule has 2 bridgehead atoms. The highest BCUT2D eigenvalue weighted by molar-refractivity contribution is 6.33. The normalized spacial score (nSPS) is 26.2. The van der Waals surface area contributed by atoms with Gasteiger partial charge in [-0.2, -0.15) is 0 Å². The van der Waals surface area contributed by atoms with Gasteiger partial charge in [-0.25, -0.2) is 4.79 Å². The molecule has 1 aliphatic carbocycles. The van der Waals surface area contributed by atoms with Gasteiger partial charge >= 0.3 is 13.3 Å². The first kappa shape index (κ1) is 22.1. The van der Waals surface area contributed by atoms with Crippen LogP contribution in [0.3, 0.4) is 0 Å². The highest BCUT2D eigenvalue weighted by Crippen LogP contribution is 2.55.